The summed E-state index contributed by atoms with van der Waals surface area (Å²) in [4.78, 5) is 13.8. The SMILES string of the molecule is COc1ccc(Nc2nccc(N(C)CC3CCOCC3)n2)cc1OCCCN1CCCC1. The van der Waals surface area contributed by atoms with E-state index in [9.17, 15) is 0 Å². The first-order valence-corrected chi connectivity index (χ1v) is 12.1. The standard InChI is InChI=1S/C25H37N5O3/c1-29(19-20-9-16-32-17-10-20)24-8-11-26-25(28-24)27-21-6-7-22(31-2)23(18-21)33-15-5-14-30-12-3-4-13-30/h6-8,11,18,20H,3-5,9-10,12-17,19H2,1-2H3,(H,26,27,28). The zero-order chi connectivity index (χ0) is 22.9. The monoisotopic (exact) mass is 455 g/mol. The molecule has 1 aromatic heterocycles. The maximum Gasteiger partial charge on any atom is 0.229 e. The highest BCUT2D eigenvalue weighted by atomic mass is 16.5. The number of anilines is 3. The van der Waals surface area contributed by atoms with Gasteiger partial charge in [-0.2, -0.15) is 4.98 Å². The van der Waals surface area contributed by atoms with Crippen molar-refractivity contribution in [3.05, 3.63) is 30.5 Å². The third-order valence-electron chi connectivity index (χ3n) is 6.40. The molecule has 3 heterocycles. The van der Waals surface area contributed by atoms with Crippen LogP contribution in [0.15, 0.2) is 30.5 Å². The Bertz CT molecular complexity index is 869. The quantitative estimate of drug-likeness (QED) is 0.511. The zero-order valence-corrected chi connectivity index (χ0v) is 20.0. The van der Waals surface area contributed by atoms with E-state index in [1.165, 1.54) is 25.9 Å². The summed E-state index contributed by atoms with van der Waals surface area (Å²) in [6, 6.07) is 7.78. The highest BCUT2D eigenvalue weighted by Crippen LogP contribution is 2.31. The lowest BCUT2D eigenvalue weighted by atomic mass is 10.00. The van der Waals surface area contributed by atoms with Crippen LogP contribution in [0.2, 0.25) is 0 Å². The second kappa shape index (κ2) is 12.0. The van der Waals surface area contributed by atoms with Crippen LogP contribution in [-0.2, 0) is 4.74 Å². The first-order valence-electron chi connectivity index (χ1n) is 12.1. The molecule has 33 heavy (non-hydrogen) atoms. The number of likely N-dealkylation sites (tertiary alicyclic amines) is 1. The first kappa shape index (κ1) is 23.6. The largest absolute Gasteiger partial charge is 0.493 e. The molecule has 2 aliphatic rings. The van der Waals surface area contributed by atoms with Crippen molar-refractivity contribution in [2.75, 3.05) is 70.4 Å². The smallest absolute Gasteiger partial charge is 0.229 e. The Kier molecular flexibility index (Phi) is 8.60. The van der Waals surface area contributed by atoms with Crippen LogP contribution in [0.5, 0.6) is 11.5 Å². The van der Waals surface area contributed by atoms with E-state index in [0.29, 0.717) is 18.5 Å². The number of rotatable bonds is 11. The average molecular weight is 456 g/mol. The fourth-order valence-corrected chi connectivity index (χ4v) is 4.50. The molecule has 0 amide bonds. The van der Waals surface area contributed by atoms with Crippen LogP contribution in [0.4, 0.5) is 17.5 Å². The van der Waals surface area contributed by atoms with Gasteiger partial charge in [-0.1, -0.05) is 0 Å². The van der Waals surface area contributed by atoms with Crippen LogP contribution in [0, 0.1) is 5.92 Å². The fraction of sp³-hybridized carbons (Fsp3) is 0.600. The molecule has 2 fully saturated rings. The number of nitrogens with one attached hydrogen (secondary N) is 1. The van der Waals surface area contributed by atoms with Crippen molar-refractivity contribution in [2.24, 2.45) is 5.92 Å². The molecule has 0 spiro atoms. The first-order chi connectivity index (χ1) is 16.2. The van der Waals surface area contributed by atoms with Gasteiger partial charge in [0, 0.05) is 51.3 Å². The van der Waals surface area contributed by atoms with Gasteiger partial charge >= 0.3 is 0 Å². The van der Waals surface area contributed by atoms with Gasteiger partial charge in [0.05, 0.1) is 13.7 Å². The molecule has 0 radical (unpaired) electrons. The highest BCUT2D eigenvalue weighted by Gasteiger charge is 2.17. The summed E-state index contributed by atoms with van der Waals surface area (Å²) in [6.45, 7) is 6.86. The molecule has 1 aromatic carbocycles. The maximum atomic E-state index is 6.06. The van der Waals surface area contributed by atoms with E-state index in [1.807, 2.05) is 24.3 Å². The fourth-order valence-electron chi connectivity index (χ4n) is 4.50. The van der Waals surface area contributed by atoms with Crippen LogP contribution in [0.1, 0.15) is 32.1 Å². The van der Waals surface area contributed by atoms with Gasteiger partial charge in [-0.15, -0.1) is 0 Å². The van der Waals surface area contributed by atoms with E-state index in [4.69, 9.17) is 19.2 Å². The molecule has 2 aliphatic heterocycles. The van der Waals surface area contributed by atoms with Gasteiger partial charge in [0.2, 0.25) is 5.95 Å². The van der Waals surface area contributed by atoms with Crippen LogP contribution in [0.25, 0.3) is 0 Å². The van der Waals surface area contributed by atoms with Gasteiger partial charge in [0.25, 0.3) is 0 Å². The van der Waals surface area contributed by atoms with Gasteiger partial charge in [-0.3, -0.25) is 0 Å². The summed E-state index contributed by atoms with van der Waals surface area (Å²) in [7, 11) is 3.75. The van der Waals surface area contributed by atoms with Crippen molar-refractivity contribution in [3.63, 3.8) is 0 Å². The van der Waals surface area contributed by atoms with Crippen molar-refractivity contribution in [1.82, 2.24) is 14.9 Å². The number of nitrogens with zero attached hydrogens (tertiary/aromatic N) is 4. The Morgan fingerprint density at radius 2 is 1.97 bits per heavy atom. The molecule has 2 aromatic rings. The zero-order valence-electron chi connectivity index (χ0n) is 20.0. The van der Waals surface area contributed by atoms with Gasteiger partial charge in [-0.25, -0.2) is 4.98 Å². The normalized spacial score (nSPS) is 17.2. The van der Waals surface area contributed by atoms with Crippen LogP contribution in [-0.4, -0.2) is 75.0 Å². The molecular formula is C25H37N5O3. The summed E-state index contributed by atoms with van der Waals surface area (Å²) in [6.07, 6.45) is 7.64. The lowest BCUT2D eigenvalue weighted by molar-refractivity contribution is 0.0685. The summed E-state index contributed by atoms with van der Waals surface area (Å²) < 4.78 is 17.0. The van der Waals surface area contributed by atoms with Crippen molar-refractivity contribution in [1.29, 1.82) is 0 Å². The summed E-state index contributed by atoms with van der Waals surface area (Å²) in [5.74, 6) is 3.58. The van der Waals surface area contributed by atoms with Crippen LogP contribution >= 0.6 is 0 Å². The van der Waals surface area contributed by atoms with Crippen LogP contribution < -0.4 is 19.7 Å². The number of hydrogen-bond donors (Lipinski definition) is 1. The number of benzene rings is 1. The van der Waals surface area contributed by atoms with Crippen molar-refractivity contribution in [2.45, 2.75) is 32.1 Å². The van der Waals surface area contributed by atoms with E-state index in [2.05, 4.69) is 27.1 Å². The Balaban J connectivity index is 1.34. The highest BCUT2D eigenvalue weighted by molar-refractivity contribution is 5.60. The van der Waals surface area contributed by atoms with Gasteiger partial charge in [0.15, 0.2) is 11.5 Å². The predicted octanol–water partition coefficient (Wildman–Crippen LogP) is 3.96. The molecule has 1 N–H and O–H groups in total. The molecule has 180 valence electrons. The summed E-state index contributed by atoms with van der Waals surface area (Å²) >= 11 is 0. The number of ether oxygens (including phenoxy) is 3. The second-order valence-electron chi connectivity index (χ2n) is 8.92. The summed E-state index contributed by atoms with van der Waals surface area (Å²) in [5.41, 5.74) is 0.870. The molecule has 0 bridgehead atoms. The minimum atomic E-state index is 0.566. The Hall–Kier alpha value is -2.58. The predicted molar refractivity (Wildman–Crippen MR) is 131 cm³/mol. The molecule has 4 rings (SSSR count). The summed E-state index contributed by atoms with van der Waals surface area (Å²) in [5, 5.41) is 3.32. The van der Waals surface area contributed by atoms with E-state index in [0.717, 1.165) is 68.6 Å². The minimum Gasteiger partial charge on any atom is -0.493 e. The van der Waals surface area contributed by atoms with Crippen LogP contribution in [0.3, 0.4) is 0 Å². The maximum absolute atomic E-state index is 6.06. The van der Waals surface area contributed by atoms with Gasteiger partial charge in [-0.05, 0) is 69.3 Å². The molecule has 8 heteroatoms. The number of aromatic nitrogens is 2. The lowest BCUT2D eigenvalue weighted by Gasteiger charge is -2.27. The minimum absolute atomic E-state index is 0.566. The third-order valence-corrected chi connectivity index (χ3v) is 6.40. The number of hydrogen-bond acceptors (Lipinski definition) is 8. The van der Waals surface area contributed by atoms with Crippen molar-refractivity contribution >= 4 is 17.5 Å². The Morgan fingerprint density at radius 1 is 1.15 bits per heavy atom. The van der Waals surface area contributed by atoms with Crippen molar-refractivity contribution in [3.8, 4) is 11.5 Å². The molecule has 0 atom stereocenters. The van der Waals surface area contributed by atoms with E-state index in [-0.39, 0.29) is 0 Å². The Morgan fingerprint density at radius 3 is 2.76 bits per heavy atom. The lowest BCUT2D eigenvalue weighted by Crippen LogP contribution is -2.30. The van der Waals surface area contributed by atoms with E-state index in [1.54, 1.807) is 13.3 Å². The molecule has 2 saturated heterocycles. The molecule has 0 unspecified atom stereocenters. The number of methoxy groups -OCH3 is 1. The Labute approximate surface area is 197 Å². The van der Waals surface area contributed by atoms with E-state index >= 15 is 0 Å². The molecular weight excluding hydrogens is 418 g/mol. The van der Waals surface area contributed by atoms with Gasteiger partial charge in [0.1, 0.15) is 5.82 Å². The molecule has 0 aliphatic carbocycles. The van der Waals surface area contributed by atoms with Crippen molar-refractivity contribution < 1.29 is 14.2 Å². The molecule has 8 nitrogen and oxygen atoms in total. The molecule has 0 saturated carbocycles. The topological polar surface area (TPSA) is 72.0 Å². The van der Waals surface area contributed by atoms with E-state index < -0.39 is 0 Å². The second-order valence-corrected chi connectivity index (χ2v) is 8.92. The van der Waals surface area contributed by atoms with Gasteiger partial charge < -0.3 is 29.3 Å². The third kappa shape index (κ3) is 6.95. The average Bonchev–Trinajstić information content (AvgIpc) is 3.36.